The summed E-state index contributed by atoms with van der Waals surface area (Å²) in [4.78, 5) is 8.82. The van der Waals surface area contributed by atoms with Gasteiger partial charge in [-0.1, -0.05) is 0 Å². The van der Waals surface area contributed by atoms with Gasteiger partial charge in [-0.25, -0.2) is 9.97 Å². The maximum absolute atomic E-state index is 13.0. The molecule has 0 aliphatic heterocycles. The third-order valence-electron chi connectivity index (χ3n) is 4.10. The first-order chi connectivity index (χ1) is 12.1. The Hall–Kier alpha value is -2.29. The fourth-order valence-corrected chi connectivity index (χ4v) is 3.16. The van der Waals surface area contributed by atoms with Crippen molar-refractivity contribution in [1.29, 1.82) is 0 Å². The van der Waals surface area contributed by atoms with Crippen molar-refractivity contribution in [1.82, 2.24) is 14.5 Å². The minimum absolute atomic E-state index is 0.0648. The molecule has 1 atom stereocenters. The number of anilines is 2. The van der Waals surface area contributed by atoms with Crippen LogP contribution in [0.2, 0.25) is 0 Å². The van der Waals surface area contributed by atoms with Crippen molar-refractivity contribution in [2.45, 2.75) is 26.1 Å². The fourth-order valence-electron chi connectivity index (χ4n) is 2.76. The van der Waals surface area contributed by atoms with Gasteiger partial charge in [0.1, 0.15) is 17.3 Å². The van der Waals surface area contributed by atoms with E-state index in [1.807, 2.05) is 17.7 Å². The van der Waals surface area contributed by atoms with E-state index in [9.17, 15) is 13.2 Å². The summed E-state index contributed by atoms with van der Waals surface area (Å²) in [6.45, 7) is 3.52. The molecule has 2 aromatic heterocycles. The van der Waals surface area contributed by atoms with Gasteiger partial charge in [-0.2, -0.15) is 13.2 Å². The summed E-state index contributed by atoms with van der Waals surface area (Å²) in [5, 5.41) is 3.96. The molecule has 0 saturated heterocycles. The molecule has 0 spiro atoms. The van der Waals surface area contributed by atoms with E-state index < -0.39 is 17.8 Å². The highest BCUT2D eigenvalue weighted by Crippen LogP contribution is 2.34. The summed E-state index contributed by atoms with van der Waals surface area (Å²) in [5.74, 6) is 1.11. The Balaban J connectivity index is 2.01. The molecular weight excluding hydrogens is 411 g/mol. The average Bonchev–Trinajstić information content (AvgIpc) is 2.81. The number of nitrogens with one attached hydrogen (secondary N) is 1. The largest absolute Gasteiger partial charge is 0.416 e. The van der Waals surface area contributed by atoms with Crippen LogP contribution in [-0.4, -0.2) is 14.5 Å². The number of benzene rings is 1. The molecule has 0 aliphatic rings. The highest BCUT2D eigenvalue weighted by atomic mass is 79.9. The second-order valence-electron chi connectivity index (χ2n) is 6.13. The maximum Gasteiger partial charge on any atom is 0.416 e. The number of nitrogens with two attached hydrogens (primary N) is 1. The zero-order chi connectivity index (χ0) is 19.2. The molecule has 5 nitrogen and oxygen atoms in total. The number of aromatic nitrogens is 3. The second-order valence-corrected chi connectivity index (χ2v) is 6.95. The summed E-state index contributed by atoms with van der Waals surface area (Å²) in [6, 6.07) is 4.98. The van der Waals surface area contributed by atoms with Crippen LogP contribution in [0.4, 0.5) is 24.7 Å². The van der Waals surface area contributed by atoms with Crippen LogP contribution in [0.25, 0.3) is 11.0 Å². The van der Waals surface area contributed by atoms with Crippen molar-refractivity contribution in [2.75, 3.05) is 11.1 Å². The van der Waals surface area contributed by atoms with E-state index in [1.165, 1.54) is 6.07 Å². The molecule has 3 rings (SSSR count). The molecule has 0 fully saturated rings. The molecule has 0 amide bonds. The van der Waals surface area contributed by atoms with Gasteiger partial charge in [-0.05, 0) is 59.6 Å². The standard InChI is InChI=1S/C17H17BrF3N5/c1-8(10-4-11(17(19,20)21)6-12(22)5-10)23-15-13-7-14(18)26(3)16(13)25-9(2)24-15/h4-8H,22H2,1-3H3,(H,23,24,25)/t8-/m1/s1. The van der Waals surface area contributed by atoms with Gasteiger partial charge in [0.2, 0.25) is 0 Å². The molecule has 2 heterocycles. The van der Waals surface area contributed by atoms with Crippen LogP contribution < -0.4 is 11.1 Å². The van der Waals surface area contributed by atoms with E-state index in [0.717, 1.165) is 27.8 Å². The number of hydrogen-bond donors (Lipinski definition) is 2. The van der Waals surface area contributed by atoms with Crippen molar-refractivity contribution in [3.8, 4) is 0 Å². The average molecular weight is 428 g/mol. The molecule has 1 aromatic carbocycles. The number of nitrogen functional groups attached to an aromatic ring is 1. The van der Waals surface area contributed by atoms with Gasteiger partial charge in [-0.3, -0.25) is 0 Å². The maximum atomic E-state index is 13.0. The SMILES string of the molecule is Cc1nc(N[C@H](C)c2cc(N)cc(C(F)(F)F)c2)c2cc(Br)n(C)c2n1. The smallest absolute Gasteiger partial charge is 0.399 e. The molecule has 0 bridgehead atoms. The molecule has 26 heavy (non-hydrogen) atoms. The molecule has 138 valence electrons. The van der Waals surface area contributed by atoms with Gasteiger partial charge in [-0.15, -0.1) is 0 Å². The third kappa shape index (κ3) is 3.48. The molecule has 0 unspecified atom stereocenters. The van der Waals surface area contributed by atoms with Crippen molar-refractivity contribution < 1.29 is 13.2 Å². The van der Waals surface area contributed by atoms with E-state index in [1.54, 1.807) is 13.8 Å². The predicted molar refractivity (Wildman–Crippen MR) is 98.8 cm³/mol. The quantitative estimate of drug-likeness (QED) is 0.588. The molecule has 3 N–H and O–H groups in total. The zero-order valence-corrected chi connectivity index (χ0v) is 15.9. The monoisotopic (exact) mass is 427 g/mol. The molecule has 0 radical (unpaired) electrons. The van der Waals surface area contributed by atoms with Crippen molar-refractivity contribution >= 4 is 38.5 Å². The van der Waals surface area contributed by atoms with Gasteiger partial charge in [0, 0.05) is 12.7 Å². The minimum atomic E-state index is -4.45. The third-order valence-corrected chi connectivity index (χ3v) is 4.86. The van der Waals surface area contributed by atoms with Crippen molar-refractivity contribution in [2.24, 2.45) is 7.05 Å². The predicted octanol–water partition coefficient (Wildman–Crippen LogP) is 4.81. The van der Waals surface area contributed by atoms with E-state index in [2.05, 4.69) is 31.2 Å². The Labute approximate surface area is 156 Å². The van der Waals surface area contributed by atoms with Crippen LogP contribution in [0.5, 0.6) is 0 Å². The Morgan fingerprint density at radius 1 is 1.19 bits per heavy atom. The zero-order valence-electron chi connectivity index (χ0n) is 14.3. The van der Waals surface area contributed by atoms with Crippen molar-refractivity contribution in [3.05, 3.63) is 45.8 Å². The second kappa shape index (κ2) is 6.46. The lowest BCUT2D eigenvalue weighted by Gasteiger charge is -2.18. The Bertz CT molecular complexity index is 981. The van der Waals surface area contributed by atoms with Gasteiger partial charge in [0.25, 0.3) is 0 Å². The van der Waals surface area contributed by atoms with E-state index in [-0.39, 0.29) is 5.69 Å². The summed E-state index contributed by atoms with van der Waals surface area (Å²) < 4.78 is 41.8. The number of aryl methyl sites for hydroxylation is 2. The topological polar surface area (TPSA) is 68.8 Å². The lowest BCUT2D eigenvalue weighted by molar-refractivity contribution is -0.137. The fraction of sp³-hybridized carbons (Fsp3) is 0.294. The molecule has 0 aliphatic carbocycles. The normalized spacial score (nSPS) is 13.2. The summed E-state index contributed by atoms with van der Waals surface area (Å²) in [5.41, 5.74) is 6.11. The first-order valence-electron chi connectivity index (χ1n) is 7.80. The first kappa shape index (κ1) is 18.5. The molecular formula is C17H17BrF3N5. The molecule has 9 heteroatoms. The van der Waals surface area contributed by atoms with E-state index in [4.69, 9.17) is 5.73 Å². The Morgan fingerprint density at radius 3 is 2.54 bits per heavy atom. The van der Waals surface area contributed by atoms with Crippen LogP contribution in [-0.2, 0) is 13.2 Å². The molecule has 0 saturated carbocycles. The van der Waals surface area contributed by atoms with Gasteiger partial charge >= 0.3 is 6.18 Å². The lowest BCUT2D eigenvalue weighted by atomic mass is 10.0. The molecule has 3 aromatic rings. The Morgan fingerprint density at radius 2 is 1.88 bits per heavy atom. The summed E-state index contributed by atoms with van der Waals surface area (Å²) >= 11 is 3.45. The number of hydrogen-bond acceptors (Lipinski definition) is 4. The first-order valence-corrected chi connectivity index (χ1v) is 8.59. The van der Waals surface area contributed by atoms with E-state index in [0.29, 0.717) is 17.2 Å². The number of halogens is 4. The summed E-state index contributed by atoms with van der Waals surface area (Å²) in [6.07, 6.45) is -4.45. The highest BCUT2D eigenvalue weighted by molar-refractivity contribution is 9.10. The van der Waals surface area contributed by atoms with Crippen LogP contribution in [0.1, 0.15) is 29.9 Å². The van der Waals surface area contributed by atoms with Crippen LogP contribution in [0.3, 0.4) is 0 Å². The summed E-state index contributed by atoms with van der Waals surface area (Å²) in [7, 11) is 1.86. The van der Waals surface area contributed by atoms with Gasteiger partial charge in [0.15, 0.2) is 0 Å². The highest BCUT2D eigenvalue weighted by Gasteiger charge is 2.31. The van der Waals surface area contributed by atoms with E-state index >= 15 is 0 Å². The van der Waals surface area contributed by atoms with Crippen molar-refractivity contribution in [3.63, 3.8) is 0 Å². The van der Waals surface area contributed by atoms with Crippen LogP contribution in [0.15, 0.2) is 28.9 Å². The minimum Gasteiger partial charge on any atom is -0.399 e. The Kier molecular flexibility index (Phi) is 4.60. The number of nitrogens with zero attached hydrogens (tertiary/aromatic N) is 3. The van der Waals surface area contributed by atoms with Crippen LogP contribution >= 0.6 is 15.9 Å². The van der Waals surface area contributed by atoms with Crippen LogP contribution in [0, 0.1) is 6.92 Å². The number of rotatable bonds is 3. The number of fused-ring (bicyclic) bond motifs is 1. The number of alkyl halides is 3. The van der Waals surface area contributed by atoms with Gasteiger partial charge < -0.3 is 15.6 Å². The van der Waals surface area contributed by atoms with Gasteiger partial charge in [0.05, 0.1) is 21.6 Å². The lowest BCUT2D eigenvalue weighted by Crippen LogP contribution is -2.12.